The number of benzene rings is 2. The van der Waals surface area contributed by atoms with Crippen molar-refractivity contribution in [1.82, 2.24) is 9.80 Å². The monoisotopic (exact) mass is 408 g/mol. The zero-order chi connectivity index (χ0) is 20.7. The molecule has 160 valence electrons. The minimum Gasteiger partial charge on any atom is -0.361 e. The molecule has 0 bridgehead atoms. The molecule has 30 heavy (non-hydrogen) atoms. The third-order valence-corrected chi connectivity index (χ3v) is 6.92. The normalized spacial score (nSPS) is 23.4. The van der Waals surface area contributed by atoms with Gasteiger partial charge in [-0.3, -0.25) is 4.90 Å². The molecule has 0 radical (unpaired) electrons. The van der Waals surface area contributed by atoms with E-state index in [-0.39, 0.29) is 5.82 Å². The van der Waals surface area contributed by atoms with Gasteiger partial charge in [-0.1, -0.05) is 30.3 Å². The molecule has 1 aliphatic heterocycles. The van der Waals surface area contributed by atoms with E-state index in [1.807, 2.05) is 12.1 Å². The molecule has 2 fully saturated rings. The summed E-state index contributed by atoms with van der Waals surface area (Å²) >= 11 is 0. The lowest BCUT2D eigenvalue weighted by molar-refractivity contribution is -0.0140. The molecule has 3 aliphatic rings. The van der Waals surface area contributed by atoms with E-state index in [0.29, 0.717) is 6.61 Å². The van der Waals surface area contributed by atoms with Crippen LogP contribution < -0.4 is 0 Å². The summed E-state index contributed by atoms with van der Waals surface area (Å²) in [6, 6.07) is 15.5. The summed E-state index contributed by atoms with van der Waals surface area (Å²) in [5, 5.41) is 0. The summed E-state index contributed by atoms with van der Waals surface area (Å²) < 4.78 is 20.2. The minimum absolute atomic E-state index is 0.198. The second kappa shape index (κ2) is 8.07. The minimum atomic E-state index is -0.468. The molecule has 1 heterocycles. The lowest BCUT2D eigenvalue weighted by Crippen LogP contribution is -2.29. The van der Waals surface area contributed by atoms with Crippen molar-refractivity contribution in [3.05, 3.63) is 70.5 Å². The highest BCUT2D eigenvalue weighted by Crippen LogP contribution is 2.46. The third-order valence-electron chi connectivity index (χ3n) is 6.92. The van der Waals surface area contributed by atoms with E-state index >= 15 is 0 Å². The van der Waals surface area contributed by atoms with Gasteiger partial charge in [-0.25, -0.2) is 4.39 Å². The summed E-state index contributed by atoms with van der Waals surface area (Å²) in [7, 11) is 4.21. The number of fused-ring (bicyclic) bond motifs is 1. The van der Waals surface area contributed by atoms with E-state index in [4.69, 9.17) is 4.74 Å². The lowest BCUT2D eigenvalue weighted by atomic mass is 9.81. The molecule has 2 aromatic rings. The molecule has 2 saturated carbocycles. The molecular weight excluding hydrogens is 375 g/mol. The van der Waals surface area contributed by atoms with Crippen molar-refractivity contribution >= 4 is 0 Å². The number of rotatable bonds is 9. The van der Waals surface area contributed by atoms with Gasteiger partial charge < -0.3 is 9.64 Å². The van der Waals surface area contributed by atoms with Crippen LogP contribution in [-0.2, 0) is 23.5 Å². The van der Waals surface area contributed by atoms with Crippen molar-refractivity contribution < 1.29 is 9.13 Å². The molecule has 0 amide bonds. The molecule has 1 unspecified atom stereocenters. The molecule has 4 heteroatoms. The van der Waals surface area contributed by atoms with Gasteiger partial charge >= 0.3 is 0 Å². The summed E-state index contributed by atoms with van der Waals surface area (Å²) in [5.74, 6) is -0.198. The van der Waals surface area contributed by atoms with E-state index < -0.39 is 5.60 Å². The molecule has 1 atom stereocenters. The van der Waals surface area contributed by atoms with Crippen molar-refractivity contribution in [3.63, 3.8) is 0 Å². The van der Waals surface area contributed by atoms with Crippen molar-refractivity contribution in [3.8, 4) is 0 Å². The number of hydrogen-bond acceptors (Lipinski definition) is 3. The Morgan fingerprint density at radius 3 is 2.33 bits per heavy atom. The van der Waals surface area contributed by atoms with Gasteiger partial charge in [0.2, 0.25) is 0 Å². The molecule has 5 rings (SSSR count). The van der Waals surface area contributed by atoms with Crippen molar-refractivity contribution in [2.45, 2.75) is 69.4 Å². The van der Waals surface area contributed by atoms with Crippen LogP contribution in [0.25, 0.3) is 0 Å². The first-order chi connectivity index (χ1) is 14.5. The Labute approximate surface area is 179 Å². The first kappa shape index (κ1) is 20.2. The fraction of sp³-hybridized carbons (Fsp3) is 0.538. The van der Waals surface area contributed by atoms with E-state index in [2.05, 4.69) is 42.1 Å². The first-order valence-electron chi connectivity index (χ1n) is 11.5. The van der Waals surface area contributed by atoms with Crippen LogP contribution in [0.3, 0.4) is 0 Å². The lowest BCUT2D eigenvalue weighted by Gasteiger charge is -2.31. The predicted molar refractivity (Wildman–Crippen MR) is 118 cm³/mol. The largest absolute Gasteiger partial charge is 0.361 e. The standard InChI is InChI=1S/C26H33FN2O/c1-28(2)15-3-14-26(21-5-7-22(27)8-6-21)25-13-4-19(16-20(25)18-30-26)17-29(23-9-10-23)24-11-12-24/h4-8,13,16,23-24H,3,9-12,14-15,17-18H2,1-2H3. The maximum atomic E-state index is 13.6. The van der Waals surface area contributed by atoms with Gasteiger partial charge in [-0.15, -0.1) is 0 Å². The van der Waals surface area contributed by atoms with Gasteiger partial charge in [0.25, 0.3) is 0 Å². The molecule has 2 aromatic carbocycles. The van der Waals surface area contributed by atoms with Crippen LogP contribution in [0.2, 0.25) is 0 Å². The van der Waals surface area contributed by atoms with Gasteiger partial charge in [0.1, 0.15) is 11.4 Å². The smallest absolute Gasteiger partial charge is 0.123 e. The molecule has 3 nitrogen and oxygen atoms in total. The summed E-state index contributed by atoms with van der Waals surface area (Å²) in [6.45, 7) is 2.71. The highest BCUT2D eigenvalue weighted by molar-refractivity contribution is 5.45. The number of ether oxygens (including phenoxy) is 1. The van der Waals surface area contributed by atoms with E-state index in [1.165, 1.54) is 42.4 Å². The highest BCUT2D eigenvalue weighted by Gasteiger charge is 2.42. The Morgan fingerprint density at radius 1 is 1.00 bits per heavy atom. The molecule has 0 saturated heterocycles. The maximum Gasteiger partial charge on any atom is 0.123 e. The van der Waals surface area contributed by atoms with Crippen LogP contribution in [0.1, 0.15) is 60.8 Å². The molecule has 0 spiro atoms. The fourth-order valence-electron chi connectivity index (χ4n) is 5.07. The number of nitrogens with zero attached hydrogens (tertiary/aromatic N) is 2. The molecule has 0 N–H and O–H groups in total. The van der Waals surface area contributed by atoms with Crippen molar-refractivity contribution in [1.29, 1.82) is 0 Å². The first-order valence-corrected chi connectivity index (χ1v) is 11.5. The van der Waals surface area contributed by atoms with Gasteiger partial charge in [-0.2, -0.15) is 0 Å². The number of halogens is 1. The Balaban J connectivity index is 1.43. The number of hydrogen-bond donors (Lipinski definition) is 0. The second-order valence-corrected chi connectivity index (χ2v) is 9.66. The van der Waals surface area contributed by atoms with Gasteiger partial charge in [-0.05, 0) is 93.6 Å². The van der Waals surface area contributed by atoms with Crippen molar-refractivity contribution in [2.75, 3.05) is 20.6 Å². The molecule has 0 aromatic heterocycles. The average molecular weight is 409 g/mol. The zero-order valence-electron chi connectivity index (χ0n) is 18.2. The molecule has 2 aliphatic carbocycles. The Kier molecular flexibility index (Phi) is 5.42. The summed E-state index contributed by atoms with van der Waals surface area (Å²) in [6.07, 6.45) is 7.39. The second-order valence-electron chi connectivity index (χ2n) is 9.66. The zero-order valence-corrected chi connectivity index (χ0v) is 18.2. The predicted octanol–water partition coefficient (Wildman–Crippen LogP) is 5.07. The Morgan fingerprint density at radius 2 is 1.70 bits per heavy atom. The average Bonchev–Trinajstić information content (AvgIpc) is 3.65. The van der Waals surface area contributed by atoms with Crippen molar-refractivity contribution in [2.24, 2.45) is 0 Å². The highest BCUT2D eigenvalue weighted by atomic mass is 19.1. The van der Waals surface area contributed by atoms with E-state index in [0.717, 1.165) is 43.6 Å². The topological polar surface area (TPSA) is 15.7 Å². The van der Waals surface area contributed by atoms with E-state index in [1.54, 1.807) is 12.1 Å². The Bertz CT molecular complexity index is 876. The summed E-state index contributed by atoms with van der Waals surface area (Å²) in [4.78, 5) is 4.93. The molecular formula is C26H33FN2O. The van der Waals surface area contributed by atoms with Gasteiger partial charge in [0, 0.05) is 18.6 Å². The van der Waals surface area contributed by atoms with E-state index in [9.17, 15) is 4.39 Å². The SMILES string of the molecule is CN(C)CCCC1(c2ccc(F)cc2)OCc2cc(CN(C3CC3)C3CC3)ccc21. The van der Waals surface area contributed by atoms with Crippen LogP contribution in [0.4, 0.5) is 4.39 Å². The maximum absolute atomic E-state index is 13.6. The van der Waals surface area contributed by atoms with Crippen LogP contribution in [0.15, 0.2) is 42.5 Å². The fourth-order valence-corrected chi connectivity index (χ4v) is 5.07. The summed E-state index contributed by atoms with van der Waals surface area (Å²) in [5.41, 5.74) is 4.56. The van der Waals surface area contributed by atoms with Gasteiger partial charge in [0.05, 0.1) is 6.61 Å². The van der Waals surface area contributed by atoms with Crippen LogP contribution >= 0.6 is 0 Å². The Hall–Kier alpha value is -1.75. The third kappa shape index (κ3) is 4.05. The van der Waals surface area contributed by atoms with Crippen LogP contribution in [-0.4, -0.2) is 42.5 Å². The quantitative estimate of drug-likeness (QED) is 0.576. The van der Waals surface area contributed by atoms with Crippen LogP contribution in [0, 0.1) is 5.82 Å². The van der Waals surface area contributed by atoms with Gasteiger partial charge in [0.15, 0.2) is 0 Å². The van der Waals surface area contributed by atoms with Crippen LogP contribution in [0.5, 0.6) is 0 Å².